The Balaban J connectivity index is 2.18. The normalized spacial score (nSPS) is 19.2. The zero-order valence-electron chi connectivity index (χ0n) is 9.77. The molecule has 2 rings (SSSR count). The summed E-state index contributed by atoms with van der Waals surface area (Å²) in [5.41, 5.74) is 1.03. The van der Waals surface area contributed by atoms with Crippen molar-refractivity contribution in [3.63, 3.8) is 0 Å². The molecular formula is C12H13F2NO3. The van der Waals surface area contributed by atoms with Crippen LogP contribution in [-0.2, 0) is 9.53 Å². The molecule has 0 bridgehead atoms. The molecule has 0 radical (unpaired) electrons. The van der Waals surface area contributed by atoms with Crippen molar-refractivity contribution in [2.24, 2.45) is 0 Å². The summed E-state index contributed by atoms with van der Waals surface area (Å²) in [5, 5.41) is 8.95. The van der Waals surface area contributed by atoms with Crippen molar-refractivity contribution < 1.29 is 23.4 Å². The summed E-state index contributed by atoms with van der Waals surface area (Å²) in [6.07, 6.45) is -1.08. The van der Waals surface area contributed by atoms with E-state index < -0.39 is 18.0 Å². The minimum absolute atomic E-state index is 0.332. The van der Waals surface area contributed by atoms with Gasteiger partial charge >= 0.3 is 5.97 Å². The Kier molecular flexibility index (Phi) is 3.21. The van der Waals surface area contributed by atoms with Gasteiger partial charge in [-0.15, -0.1) is 0 Å². The Labute approximate surface area is 103 Å². The molecule has 1 aromatic rings. The van der Waals surface area contributed by atoms with Gasteiger partial charge in [0, 0.05) is 12.8 Å². The Morgan fingerprint density at radius 3 is 2.67 bits per heavy atom. The fourth-order valence-corrected chi connectivity index (χ4v) is 1.96. The number of benzene rings is 1. The number of carboxylic acid groups (broad SMARTS) is 1. The predicted octanol–water partition coefficient (Wildman–Crippen LogP) is 1.91. The van der Waals surface area contributed by atoms with E-state index in [-0.39, 0.29) is 13.1 Å². The Morgan fingerprint density at radius 2 is 2.17 bits per heavy atom. The van der Waals surface area contributed by atoms with Crippen molar-refractivity contribution in [2.75, 3.05) is 25.1 Å². The maximum absolute atomic E-state index is 12.8. The van der Waals surface area contributed by atoms with Gasteiger partial charge in [-0.2, -0.15) is 0 Å². The van der Waals surface area contributed by atoms with Crippen LogP contribution < -0.4 is 4.90 Å². The molecule has 0 aliphatic carbocycles. The van der Waals surface area contributed by atoms with Crippen molar-refractivity contribution >= 4 is 11.7 Å². The smallest absolute Gasteiger partial charge is 0.337 e. The summed E-state index contributed by atoms with van der Waals surface area (Å²) in [5.74, 6) is -3.76. The van der Waals surface area contributed by atoms with Crippen molar-refractivity contribution in [3.8, 4) is 0 Å². The molecule has 0 aromatic heterocycles. The van der Waals surface area contributed by atoms with Crippen LogP contribution in [-0.4, -0.2) is 37.2 Å². The number of halogens is 2. The standard InChI is InChI=1S/C12H13F2NO3/c1-18-10(11(16)17)8-3-2-4-9(5-8)15-6-12(13,14)7-15/h2-5,10H,6-7H2,1H3,(H,16,17). The first-order valence-electron chi connectivity index (χ1n) is 5.41. The molecule has 98 valence electrons. The summed E-state index contributed by atoms with van der Waals surface area (Å²) in [6, 6.07) is 6.48. The van der Waals surface area contributed by atoms with E-state index in [1.807, 2.05) is 0 Å². The molecule has 1 aromatic carbocycles. The maximum Gasteiger partial charge on any atom is 0.337 e. The molecule has 1 unspecified atom stereocenters. The molecular weight excluding hydrogens is 244 g/mol. The van der Waals surface area contributed by atoms with E-state index >= 15 is 0 Å². The van der Waals surface area contributed by atoms with Crippen LogP contribution in [0, 0.1) is 0 Å². The zero-order valence-corrected chi connectivity index (χ0v) is 9.77. The van der Waals surface area contributed by atoms with E-state index in [2.05, 4.69) is 0 Å². The van der Waals surface area contributed by atoms with Gasteiger partial charge in [0.15, 0.2) is 6.10 Å². The molecule has 1 aliphatic heterocycles. The average molecular weight is 257 g/mol. The van der Waals surface area contributed by atoms with E-state index in [1.165, 1.54) is 12.0 Å². The quantitative estimate of drug-likeness (QED) is 0.895. The lowest BCUT2D eigenvalue weighted by molar-refractivity contribution is -0.148. The minimum atomic E-state index is -2.65. The average Bonchev–Trinajstić information content (AvgIpc) is 2.26. The summed E-state index contributed by atoms with van der Waals surface area (Å²) >= 11 is 0. The van der Waals surface area contributed by atoms with Gasteiger partial charge in [0.1, 0.15) is 0 Å². The summed E-state index contributed by atoms with van der Waals surface area (Å²) in [4.78, 5) is 12.4. The number of aliphatic carboxylic acids is 1. The van der Waals surface area contributed by atoms with Gasteiger partial charge < -0.3 is 14.7 Å². The lowest BCUT2D eigenvalue weighted by Crippen LogP contribution is -2.56. The fraction of sp³-hybridized carbons (Fsp3) is 0.417. The molecule has 1 saturated heterocycles. The van der Waals surface area contributed by atoms with Crippen LogP contribution in [0.5, 0.6) is 0 Å². The third-order valence-corrected chi connectivity index (χ3v) is 2.84. The number of carbonyl (C=O) groups is 1. The highest BCUT2D eigenvalue weighted by molar-refractivity contribution is 5.75. The molecule has 0 saturated carbocycles. The van der Waals surface area contributed by atoms with Crippen LogP contribution in [0.3, 0.4) is 0 Å². The molecule has 1 aliphatic rings. The Hall–Kier alpha value is -1.69. The number of carboxylic acids is 1. The van der Waals surface area contributed by atoms with Crippen molar-refractivity contribution in [3.05, 3.63) is 29.8 Å². The van der Waals surface area contributed by atoms with Gasteiger partial charge in [0.2, 0.25) is 0 Å². The van der Waals surface area contributed by atoms with E-state index in [0.29, 0.717) is 11.3 Å². The number of methoxy groups -OCH3 is 1. The monoisotopic (exact) mass is 257 g/mol. The predicted molar refractivity (Wildman–Crippen MR) is 61.0 cm³/mol. The highest BCUT2D eigenvalue weighted by atomic mass is 19.3. The summed E-state index contributed by atoms with van der Waals surface area (Å²) < 4.78 is 30.4. The second-order valence-electron chi connectivity index (χ2n) is 4.26. The van der Waals surface area contributed by atoms with Crippen LogP contribution in [0.2, 0.25) is 0 Å². The molecule has 1 atom stereocenters. The van der Waals surface area contributed by atoms with Gasteiger partial charge in [-0.25, -0.2) is 13.6 Å². The first-order chi connectivity index (χ1) is 8.43. The van der Waals surface area contributed by atoms with Crippen LogP contribution in [0.4, 0.5) is 14.5 Å². The topological polar surface area (TPSA) is 49.8 Å². The van der Waals surface area contributed by atoms with Crippen LogP contribution in [0.25, 0.3) is 0 Å². The van der Waals surface area contributed by atoms with Crippen molar-refractivity contribution in [2.45, 2.75) is 12.0 Å². The highest BCUT2D eigenvalue weighted by Gasteiger charge is 2.44. The molecule has 0 amide bonds. The lowest BCUT2D eigenvalue weighted by Gasteiger charge is -2.40. The van der Waals surface area contributed by atoms with E-state index in [4.69, 9.17) is 9.84 Å². The molecule has 0 spiro atoms. The van der Waals surface area contributed by atoms with Gasteiger partial charge in [-0.05, 0) is 17.7 Å². The van der Waals surface area contributed by atoms with Crippen LogP contribution in [0.15, 0.2) is 24.3 Å². The third-order valence-electron chi connectivity index (χ3n) is 2.84. The fourth-order valence-electron chi connectivity index (χ4n) is 1.96. The van der Waals surface area contributed by atoms with Gasteiger partial charge in [-0.3, -0.25) is 0 Å². The molecule has 1 fully saturated rings. The number of nitrogens with zero attached hydrogens (tertiary/aromatic N) is 1. The number of ether oxygens (including phenoxy) is 1. The second-order valence-corrected chi connectivity index (χ2v) is 4.26. The number of alkyl halides is 2. The van der Waals surface area contributed by atoms with E-state index in [0.717, 1.165) is 0 Å². The number of rotatable bonds is 4. The number of hydrogen-bond acceptors (Lipinski definition) is 3. The second kappa shape index (κ2) is 4.53. The summed E-state index contributed by atoms with van der Waals surface area (Å²) in [6.45, 7) is -0.664. The molecule has 4 nitrogen and oxygen atoms in total. The zero-order chi connectivity index (χ0) is 13.3. The highest BCUT2D eigenvalue weighted by Crippen LogP contribution is 2.33. The molecule has 6 heteroatoms. The molecule has 18 heavy (non-hydrogen) atoms. The SMILES string of the molecule is COC(C(=O)O)c1cccc(N2CC(F)(F)C2)c1. The van der Waals surface area contributed by atoms with Gasteiger partial charge in [0.05, 0.1) is 13.1 Å². The van der Waals surface area contributed by atoms with Gasteiger partial charge in [-0.1, -0.05) is 12.1 Å². The van der Waals surface area contributed by atoms with Gasteiger partial charge in [0.25, 0.3) is 5.92 Å². The number of hydrogen-bond donors (Lipinski definition) is 1. The summed E-state index contributed by atoms with van der Waals surface area (Å²) in [7, 11) is 1.29. The van der Waals surface area contributed by atoms with Crippen molar-refractivity contribution in [1.29, 1.82) is 0 Å². The van der Waals surface area contributed by atoms with Crippen LogP contribution >= 0.6 is 0 Å². The van der Waals surface area contributed by atoms with E-state index in [1.54, 1.807) is 24.3 Å². The maximum atomic E-state index is 12.8. The lowest BCUT2D eigenvalue weighted by atomic mass is 10.1. The Morgan fingerprint density at radius 1 is 1.50 bits per heavy atom. The third kappa shape index (κ3) is 2.43. The molecule has 1 N–H and O–H groups in total. The first-order valence-corrected chi connectivity index (χ1v) is 5.41. The number of anilines is 1. The molecule has 1 heterocycles. The van der Waals surface area contributed by atoms with Crippen LogP contribution in [0.1, 0.15) is 11.7 Å². The van der Waals surface area contributed by atoms with Crippen molar-refractivity contribution in [1.82, 2.24) is 0 Å². The van der Waals surface area contributed by atoms with E-state index in [9.17, 15) is 13.6 Å². The first kappa shape index (κ1) is 12.8. The largest absolute Gasteiger partial charge is 0.479 e. The minimum Gasteiger partial charge on any atom is -0.479 e. The Bertz CT molecular complexity index is 456.